The van der Waals surface area contributed by atoms with E-state index in [0.717, 1.165) is 18.4 Å². The molecule has 18 heavy (non-hydrogen) atoms. The third-order valence-electron chi connectivity index (χ3n) is 3.86. The second-order valence-corrected chi connectivity index (χ2v) is 5.24. The maximum Gasteiger partial charge on any atom is 0.225 e. The second kappa shape index (κ2) is 4.56. The Bertz CT molecular complexity index is 465. The summed E-state index contributed by atoms with van der Waals surface area (Å²) in [5, 5.41) is 0. The summed E-state index contributed by atoms with van der Waals surface area (Å²) in [5.41, 5.74) is 1.04. The van der Waals surface area contributed by atoms with Gasteiger partial charge in [-0.3, -0.25) is 9.59 Å². The van der Waals surface area contributed by atoms with Gasteiger partial charge < -0.3 is 4.90 Å². The summed E-state index contributed by atoms with van der Waals surface area (Å²) in [6.07, 6.45) is 2.55. The van der Waals surface area contributed by atoms with Gasteiger partial charge in [-0.05, 0) is 18.4 Å². The topological polar surface area (TPSA) is 37.4 Å². The number of hydrogen-bond donors (Lipinski definition) is 0. The Morgan fingerprint density at radius 2 is 1.89 bits per heavy atom. The quantitative estimate of drug-likeness (QED) is 0.796. The zero-order chi connectivity index (χ0) is 12.5. The molecule has 3 heteroatoms. The van der Waals surface area contributed by atoms with Crippen LogP contribution >= 0.6 is 0 Å². The van der Waals surface area contributed by atoms with E-state index >= 15 is 0 Å². The van der Waals surface area contributed by atoms with Crippen LogP contribution in [0.5, 0.6) is 0 Å². The maximum atomic E-state index is 12.1. The highest BCUT2D eigenvalue weighted by Gasteiger charge is 2.37. The van der Waals surface area contributed by atoms with E-state index in [9.17, 15) is 9.59 Å². The standard InChI is InChI=1S/C15H17NO2/c17-14-8-9-16(15(18)12-6-7-12)10-13(14)11-4-2-1-3-5-11/h1-5,12-13H,6-10H2. The number of benzene rings is 1. The average Bonchev–Trinajstić information content (AvgIpc) is 3.24. The third-order valence-corrected chi connectivity index (χ3v) is 3.86. The van der Waals surface area contributed by atoms with Gasteiger partial charge in [0.2, 0.25) is 5.91 Å². The number of carbonyl (C=O) groups excluding carboxylic acids is 2. The molecule has 0 radical (unpaired) electrons. The van der Waals surface area contributed by atoms with Crippen LogP contribution in [-0.2, 0) is 9.59 Å². The summed E-state index contributed by atoms with van der Waals surface area (Å²) >= 11 is 0. The highest BCUT2D eigenvalue weighted by atomic mass is 16.2. The van der Waals surface area contributed by atoms with E-state index in [0.29, 0.717) is 19.5 Å². The van der Waals surface area contributed by atoms with E-state index in [1.165, 1.54) is 0 Å². The van der Waals surface area contributed by atoms with Gasteiger partial charge >= 0.3 is 0 Å². The monoisotopic (exact) mass is 243 g/mol. The van der Waals surface area contributed by atoms with Crippen molar-refractivity contribution in [3.8, 4) is 0 Å². The first-order valence-electron chi connectivity index (χ1n) is 6.62. The summed E-state index contributed by atoms with van der Waals surface area (Å²) in [5.74, 6) is 0.641. The van der Waals surface area contributed by atoms with E-state index < -0.39 is 0 Å². The Morgan fingerprint density at radius 1 is 1.17 bits per heavy atom. The molecule has 94 valence electrons. The van der Waals surface area contributed by atoms with Crippen molar-refractivity contribution in [2.24, 2.45) is 5.92 Å². The molecule has 1 unspecified atom stereocenters. The minimum atomic E-state index is -0.123. The molecule has 0 aromatic heterocycles. The van der Waals surface area contributed by atoms with Crippen LogP contribution in [0.4, 0.5) is 0 Å². The number of amides is 1. The normalized spacial score (nSPS) is 24.1. The lowest BCUT2D eigenvalue weighted by Gasteiger charge is -2.32. The van der Waals surface area contributed by atoms with Crippen molar-refractivity contribution >= 4 is 11.7 Å². The van der Waals surface area contributed by atoms with Gasteiger partial charge in [0.05, 0.1) is 5.92 Å². The summed E-state index contributed by atoms with van der Waals surface area (Å²) in [7, 11) is 0. The average molecular weight is 243 g/mol. The zero-order valence-corrected chi connectivity index (χ0v) is 10.3. The fraction of sp³-hybridized carbons (Fsp3) is 0.467. The van der Waals surface area contributed by atoms with Crippen LogP contribution < -0.4 is 0 Å². The molecule has 1 aromatic carbocycles. The first kappa shape index (κ1) is 11.5. The van der Waals surface area contributed by atoms with Gasteiger partial charge in [-0.2, -0.15) is 0 Å². The van der Waals surface area contributed by atoms with Crippen molar-refractivity contribution in [2.75, 3.05) is 13.1 Å². The van der Waals surface area contributed by atoms with Crippen molar-refractivity contribution in [2.45, 2.75) is 25.2 Å². The van der Waals surface area contributed by atoms with Gasteiger partial charge in [0.1, 0.15) is 5.78 Å². The van der Waals surface area contributed by atoms with E-state index in [4.69, 9.17) is 0 Å². The van der Waals surface area contributed by atoms with Crippen molar-refractivity contribution in [3.05, 3.63) is 35.9 Å². The lowest BCUT2D eigenvalue weighted by molar-refractivity contribution is -0.136. The minimum absolute atomic E-state index is 0.123. The van der Waals surface area contributed by atoms with Crippen LogP contribution in [0.3, 0.4) is 0 Å². The summed E-state index contributed by atoms with van der Waals surface area (Å²) in [4.78, 5) is 26.0. The molecule has 0 spiro atoms. The molecule has 2 fully saturated rings. The predicted octanol–water partition coefficient (Wildman–Crippen LogP) is 1.98. The summed E-state index contributed by atoms with van der Waals surface area (Å²) in [6.45, 7) is 1.18. The van der Waals surface area contributed by atoms with Crippen molar-refractivity contribution in [1.82, 2.24) is 4.90 Å². The molecule has 1 amide bonds. The molecule has 1 aliphatic heterocycles. The Hall–Kier alpha value is -1.64. The van der Waals surface area contributed by atoms with E-state index in [1.54, 1.807) is 0 Å². The van der Waals surface area contributed by atoms with Crippen molar-refractivity contribution in [3.63, 3.8) is 0 Å². The van der Waals surface area contributed by atoms with Gasteiger partial charge in [0, 0.05) is 25.4 Å². The molecule has 1 saturated carbocycles. The van der Waals surface area contributed by atoms with Gasteiger partial charge in [0.15, 0.2) is 0 Å². The van der Waals surface area contributed by atoms with E-state index in [1.807, 2.05) is 35.2 Å². The predicted molar refractivity (Wildman–Crippen MR) is 68.1 cm³/mol. The van der Waals surface area contributed by atoms with Gasteiger partial charge in [-0.1, -0.05) is 30.3 Å². The highest BCUT2D eigenvalue weighted by Crippen LogP contribution is 2.33. The highest BCUT2D eigenvalue weighted by molar-refractivity contribution is 5.90. The van der Waals surface area contributed by atoms with Gasteiger partial charge in [0.25, 0.3) is 0 Å². The Labute approximate surface area is 107 Å². The Morgan fingerprint density at radius 3 is 2.56 bits per heavy atom. The first-order chi connectivity index (χ1) is 8.75. The van der Waals surface area contributed by atoms with Crippen LogP contribution in [0.15, 0.2) is 30.3 Å². The first-order valence-corrected chi connectivity index (χ1v) is 6.62. The van der Waals surface area contributed by atoms with Crippen LogP contribution in [-0.4, -0.2) is 29.7 Å². The number of nitrogens with zero attached hydrogens (tertiary/aromatic N) is 1. The van der Waals surface area contributed by atoms with Crippen molar-refractivity contribution < 1.29 is 9.59 Å². The molecule has 1 heterocycles. The van der Waals surface area contributed by atoms with Crippen LogP contribution in [0.2, 0.25) is 0 Å². The SMILES string of the molecule is O=C1CCN(C(=O)C2CC2)CC1c1ccccc1. The molecular weight excluding hydrogens is 226 g/mol. The molecule has 0 N–H and O–H groups in total. The van der Waals surface area contributed by atoms with Crippen LogP contribution in [0, 0.1) is 5.92 Å². The molecule has 0 bridgehead atoms. The number of carbonyl (C=O) groups is 2. The molecule has 1 aliphatic carbocycles. The van der Waals surface area contributed by atoms with Gasteiger partial charge in [-0.25, -0.2) is 0 Å². The molecule has 3 rings (SSSR count). The maximum absolute atomic E-state index is 12.1. The minimum Gasteiger partial charge on any atom is -0.341 e. The van der Waals surface area contributed by atoms with Crippen LogP contribution in [0.25, 0.3) is 0 Å². The Balaban J connectivity index is 1.76. The molecule has 1 atom stereocenters. The number of rotatable bonds is 2. The molecule has 1 aromatic rings. The third kappa shape index (κ3) is 2.17. The number of piperidine rings is 1. The fourth-order valence-electron chi connectivity index (χ4n) is 2.60. The van der Waals surface area contributed by atoms with E-state index in [-0.39, 0.29) is 23.5 Å². The lowest BCUT2D eigenvalue weighted by Crippen LogP contribution is -2.43. The second-order valence-electron chi connectivity index (χ2n) is 5.24. The van der Waals surface area contributed by atoms with E-state index in [2.05, 4.69) is 0 Å². The number of hydrogen-bond acceptors (Lipinski definition) is 2. The summed E-state index contributed by atoms with van der Waals surface area (Å²) in [6, 6.07) is 9.81. The summed E-state index contributed by atoms with van der Waals surface area (Å²) < 4.78 is 0. The number of ketones is 1. The number of likely N-dealkylation sites (tertiary alicyclic amines) is 1. The largest absolute Gasteiger partial charge is 0.341 e. The Kier molecular flexibility index (Phi) is 2.90. The fourth-order valence-corrected chi connectivity index (χ4v) is 2.60. The number of Topliss-reactive ketones (excluding diaryl/α,β-unsaturated/α-hetero) is 1. The zero-order valence-electron chi connectivity index (χ0n) is 10.3. The molecule has 1 saturated heterocycles. The molecule has 2 aliphatic rings. The van der Waals surface area contributed by atoms with Crippen molar-refractivity contribution in [1.29, 1.82) is 0 Å². The molecular formula is C15H17NO2. The van der Waals surface area contributed by atoms with Gasteiger partial charge in [-0.15, -0.1) is 0 Å². The van der Waals surface area contributed by atoms with Crippen LogP contribution in [0.1, 0.15) is 30.7 Å². The smallest absolute Gasteiger partial charge is 0.225 e. The molecule has 3 nitrogen and oxygen atoms in total. The lowest BCUT2D eigenvalue weighted by atomic mass is 9.89.